The van der Waals surface area contributed by atoms with Gasteiger partial charge in [0.2, 0.25) is 0 Å². The summed E-state index contributed by atoms with van der Waals surface area (Å²) in [5.74, 6) is -1.45. The number of thiophene rings is 1. The molecule has 0 spiro atoms. The van der Waals surface area contributed by atoms with Crippen molar-refractivity contribution < 1.29 is 23.1 Å². The second kappa shape index (κ2) is 6.87. The van der Waals surface area contributed by atoms with Crippen molar-refractivity contribution in [1.29, 1.82) is 0 Å². The summed E-state index contributed by atoms with van der Waals surface area (Å²) in [5.41, 5.74) is -3.03. The van der Waals surface area contributed by atoms with Gasteiger partial charge in [0.05, 0.1) is 10.9 Å². The number of carboxylic acids is 1. The number of rotatable bonds is 4. The number of nitrogens with one attached hydrogen (secondary N) is 1. The Morgan fingerprint density at radius 3 is 2.45 bits per heavy atom. The molecule has 0 fully saturated rings. The third-order valence-corrected chi connectivity index (χ3v) is 5.79. The predicted molar refractivity (Wildman–Crippen MR) is 99.8 cm³/mol. The van der Waals surface area contributed by atoms with Gasteiger partial charge < -0.3 is 5.11 Å². The van der Waals surface area contributed by atoms with Gasteiger partial charge >= 0.3 is 17.8 Å². The second-order valence-electron chi connectivity index (χ2n) is 6.85. The van der Waals surface area contributed by atoms with E-state index >= 15 is 0 Å². The van der Waals surface area contributed by atoms with Crippen molar-refractivity contribution >= 4 is 27.5 Å². The zero-order chi connectivity index (χ0) is 21.8. The molecule has 0 atom stereocenters. The Morgan fingerprint density at radius 1 is 1.31 bits per heavy atom. The number of carbonyl (C=O) groups is 1. The summed E-state index contributed by atoms with van der Waals surface area (Å²) in [6.45, 7) is 4.77. The molecule has 3 heterocycles. The minimum Gasteiger partial charge on any atom is -0.478 e. The van der Waals surface area contributed by atoms with Crippen molar-refractivity contribution in [2.75, 3.05) is 0 Å². The largest absolute Gasteiger partial charge is 0.478 e. The molecule has 12 heteroatoms. The second-order valence-corrected chi connectivity index (χ2v) is 7.93. The number of aromatic nitrogens is 4. The third kappa shape index (κ3) is 3.26. The highest BCUT2D eigenvalue weighted by Gasteiger charge is 2.38. The quantitative estimate of drug-likeness (QED) is 0.661. The first-order valence-electron chi connectivity index (χ1n) is 8.47. The van der Waals surface area contributed by atoms with E-state index < -0.39 is 47.1 Å². The van der Waals surface area contributed by atoms with Crippen molar-refractivity contribution in [3.8, 4) is 0 Å². The van der Waals surface area contributed by atoms with Gasteiger partial charge in [-0.1, -0.05) is 0 Å². The monoisotopic (exact) mass is 430 g/mol. The fraction of sp³-hybridized carbons (Fsp3) is 0.412. The maximum atomic E-state index is 13.3. The fourth-order valence-corrected chi connectivity index (χ4v) is 4.63. The van der Waals surface area contributed by atoms with E-state index in [-0.39, 0.29) is 26.4 Å². The Bertz CT molecular complexity index is 1250. The Labute approximate surface area is 165 Å². The summed E-state index contributed by atoms with van der Waals surface area (Å²) >= 11 is 0.830. The molecule has 0 saturated heterocycles. The summed E-state index contributed by atoms with van der Waals surface area (Å²) in [7, 11) is 1.23. The van der Waals surface area contributed by atoms with E-state index in [2.05, 4.69) is 10.2 Å². The van der Waals surface area contributed by atoms with Crippen LogP contribution in [0.5, 0.6) is 0 Å². The van der Waals surface area contributed by atoms with Crippen molar-refractivity contribution in [2.45, 2.75) is 39.4 Å². The number of carboxylic acid groups (broad SMARTS) is 1. The Morgan fingerprint density at radius 2 is 1.93 bits per heavy atom. The highest BCUT2D eigenvalue weighted by Crippen LogP contribution is 2.36. The highest BCUT2D eigenvalue weighted by atomic mass is 32.1. The van der Waals surface area contributed by atoms with Crippen molar-refractivity contribution in [3.05, 3.63) is 48.2 Å². The van der Waals surface area contributed by atoms with Crippen LogP contribution in [-0.4, -0.2) is 30.4 Å². The Kier molecular flexibility index (Phi) is 4.93. The van der Waals surface area contributed by atoms with E-state index in [0.717, 1.165) is 15.9 Å². The molecule has 156 valence electrons. The van der Waals surface area contributed by atoms with Crippen LogP contribution in [0.25, 0.3) is 10.2 Å². The number of aromatic amines is 1. The maximum Gasteiger partial charge on any atom is 0.435 e. The van der Waals surface area contributed by atoms with Crippen LogP contribution >= 0.6 is 11.3 Å². The van der Waals surface area contributed by atoms with Crippen LogP contribution in [0.3, 0.4) is 0 Å². The third-order valence-electron chi connectivity index (χ3n) is 4.60. The van der Waals surface area contributed by atoms with E-state index in [9.17, 15) is 32.7 Å². The van der Waals surface area contributed by atoms with Gasteiger partial charge in [-0.2, -0.15) is 18.3 Å². The lowest BCUT2D eigenvalue weighted by molar-refractivity contribution is -0.141. The number of hydrogen-bond acceptors (Lipinski definition) is 5. The minimum absolute atomic E-state index is 0.0413. The first kappa shape index (κ1) is 20.8. The molecule has 0 aliphatic heterocycles. The number of nitrogens with zero attached hydrogens (tertiary/aromatic N) is 3. The molecule has 0 amide bonds. The Balaban J connectivity index is 2.38. The summed E-state index contributed by atoms with van der Waals surface area (Å²) in [6, 6.07) is -0.397. The molecule has 0 aromatic carbocycles. The minimum atomic E-state index is -4.73. The first-order chi connectivity index (χ1) is 13.4. The summed E-state index contributed by atoms with van der Waals surface area (Å²) < 4.78 is 41.9. The van der Waals surface area contributed by atoms with Gasteiger partial charge in [0.25, 0.3) is 5.56 Å². The number of hydrogen-bond donors (Lipinski definition) is 2. The van der Waals surface area contributed by atoms with Gasteiger partial charge in [-0.3, -0.25) is 19.0 Å². The number of halogens is 3. The maximum absolute atomic E-state index is 13.3. The molecule has 8 nitrogen and oxygen atoms in total. The van der Waals surface area contributed by atoms with Crippen molar-refractivity contribution in [2.24, 2.45) is 7.05 Å². The van der Waals surface area contributed by atoms with Crippen LogP contribution in [0.4, 0.5) is 13.2 Å². The molecule has 0 aliphatic carbocycles. The molecule has 2 N–H and O–H groups in total. The average Bonchev–Trinajstić information content (AvgIpc) is 3.14. The zero-order valence-electron chi connectivity index (χ0n) is 15.8. The molecule has 0 unspecified atom stereocenters. The van der Waals surface area contributed by atoms with Crippen molar-refractivity contribution in [3.63, 3.8) is 0 Å². The van der Waals surface area contributed by atoms with Gasteiger partial charge in [0.1, 0.15) is 4.83 Å². The molecule has 0 radical (unpaired) electrons. The van der Waals surface area contributed by atoms with Gasteiger partial charge in [-0.15, -0.1) is 11.3 Å². The molecule has 0 saturated carbocycles. The number of H-pyrrole nitrogens is 1. The SMILES string of the molecule is Cc1[nH]nc(C(F)(F)F)c1Cc1sc2c(c1C(=O)O)c(=O)n(C)c(=O)n2C(C)C. The van der Waals surface area contributed by atoms with Gasteiger partial charge in [-0.25, -0.2) is 9.59 Å². The molecule has 0 bridgehead atoms. The lowest BCUT2D eigenvalue weighted by atomic mass is 10.0. The topological polar surface area (TPSA) is 110 Å². The average molecular weight is 430 g/mol. The smallest absolute Gasteiger partial charge is 0.435 e. The van der Waals surface area contributed by atoms with Crippen LogP contribution in [-0.2, 0) is 19.6 Å². The van der Waals surface area contributed by atoms with Gasteiger partial charge in [0, 0.05) is 35.6 Å². The number of alkyl halides is 3. The van der Waals surface area contributed by atoms with E-state index in [1.165, 1.54) is 18.5 Å². The van der Waals surface area contributed by atoms with E-state index in [0.29, 0.717) is 0 Å². The Hall–Kier alpha value is -2.89. The highest BCUT2D eigenvalue weighted by molar-refractivity contribution is 7.19. The lowest BCUT2D eigenvalue weighted by Gasteiger charge is -2.12. The molecule has 0 aliphatic rings. The summed E-state index contributed by atoms with van der Waals surface area (Å²) in [5, 5.41) is 15.1. The van der Waals surface area contributed by atoms with Crippen LogP contribution in [0.1, 0.15) is 52.1 Å². The first-order valence-corrected chi connectivity index (χ1v) is 9.29. The van der Waals surface area contributed by atoms with E-state index in [1.54, 1.807) is 13.8 Å². The fourth-order valence-electron chi connectivity index (χ4n) is 3.21. The molecular formula is C17H17F3N4O4S. The molecule has 29 heavy (non-hydrogen) atoms. The van der Waals surface area contributed by atoms with E-state index in [4.69, 9.17) is 0 Å². The number of aromatic carboxylic acids is 1. The normalized spacial score (nSPS) is 12.3. The van der Waals surface area contributed by atoms with Gasteiger partial charge in [-0.05, 0) is 20.8 Å². The lowest BCUT2D eigenvalue weighted by Crippen LogP contribution is -2.38. The molecule has 3 aromatic heterocycles. The van der Waals surface area contributed by atoms with Crippen LogP contribution < -0.4 is 11.2 Å². The van der Waals surface area contributed by atoms with E-state index in [1.807, 2.05) is 0 Å². The predicted octanol–water partition coefficient (Wildman–Crippen LogP) is 2.68. The molecule has 3 aromatic rings. The zero-order valence-corrected chi connectivity index (χ0v) is 16.7. The van der Waals surface area contributed by atoms with Crippen molar-refractivity contribution in [1.82, 2.24) is 19.3 Å². The van der Waals surface area contributed by atoms with Crippen LogP contribution in [0, 0.1) is 6.92 Å². The molecule has 3 rings (SSSR count). The summed E-state index contributed by atoms with van der Waals surface area (Å²) in [6.07, 6.45) is -5.12. The van der Waals surface area contributed by atoms with Crippen LogP contribution in [0.15, 0.2) is 9.59 Å². The summed E-state index contributed by atoms with van der Waals surface area (Å²) in [4.78, 5) is 37.3. The van der Waals surface area contributed by atoms with Crippen LogP contribution in [0.2, 0.25) is 0 Å². The standard InChI is InChI=1S/C17H17F3N4O4S/c1-6(2)24-14-11(13(25)23(4)16(24)28)10(15(26)27)9(29-14)5-8-7(3)21-22-12(8)17(18,19)20/h6H,5H2,1-4H3,(H,21,22)(H,26,27). The number of fused-ring (bicyclic) bond motifs is 1. The van der Waals surface area contributed by atoms with Gasteiger partial charge in [0.15, 0.2) is 5.69 Å². The molecular weight excluding hydrogens is 413 g/mol. The number of aryl methyl sites for hydroxylation is 1.